The third-order valence-electron chi connectivity index (χ3n) is 0.488. The highest BCUT2D eigenvalue weighted by molar-refractivity contribution is 4.96. The molecule has 1 atom stereocenters. The molecule has 0 aliphatic rings. The summed E-state index contributed by atoms with van der Waals surface area (Å²) in [4.78, 5) is 4.07. The van der Waals surface area contributed by atoms with Gasteiger partial charge in [-0.1, -0.05) is 6.58 Å². The molecule has 0 aliphatic carbocycles. The average molecular weight is 98.1 g/mol. The molecule has 0 amide bonds. The minimum atomic E-state index is -0.667. The van der Waals surface area contributed by atoms with Gasteiger partial charge in [0.25, 0.3) is 0 Å². The molecule has 0 saturated carbocycles. The summed E-state index contributed by atoms with van der Waals surface area (Å²) < 4.78 is 0. The maximum atomic E-state index is 8.00. The van der Waals surface area contributed by atoms with Crippen molar-refractivity contribution in [3.63, 3.8) is 0 Å². The Bertz CT molecular complexity index is 94.4. The van der Waals surface area contributed by atoms with Crippen molar-refractivity contribution in [1.82, 2.24) is 0 Å². The van der Waals surface area contributed by atoms with Gasteiger partial charge in [0.1, 0.15) is 6.07 Å². The Morgan fingerprint density at radius 3 is 2.57 bits per heavy atom. The highest BCUT2D eigenvalue weighted by atomic mass is 16.6. The van der Waals surface area contributed by atoms with Crippen LogP contribution in [0.1, 0.15) is 0 Å². The number of nitriles is 1. The maximum Gasteiger partial charge on any atom is 0.182 e. The van der Waals surface area contributed by atoms with Gasteiger partial charge in [-0.3, -0.25) is 4.84 Å². The summed E-state index contributed by atoms with van der Waals surface area (Å²) in [5.41, 5.74) is 0. The van der Waals surface area contributed by atoms with E-state index in [2.05, 4.69) is 17.3 Å². The van der Waals surface area contributed by atoms with Crippen LogP contribution in [0.5, 0.6) is 0 Å². The molecule has 38 valence electrons. The third kappa shape index (κ3) is 1.93. The minimum absolute atomic E-state index is 0.667. The lowest BCUT2D eigenvalue weighted by atomic mass is 10.4. The smallest absolute Gasteiger partial charge is 0.182 e. The molecule has 7 heavy (non-hydrogen) atoms. The van der Waals surface area contributed by atoms with Crippen molar-refractivity contribution in [3.8, 4) is 6.07 Å². The monoisotopic (exact) mass is 98.0 g/mol. The first-order valence-corrected chi connectivity index (χ1v) is 1.73. The predicted octanol–water partition coefficient (Wildman–Crippen LogP) is -0.0451. The zero-order valence-corrected chi connectivity index (χ0v) is 3.79. The molecule has 3 nitrogen and oxygen atoms in total. The first kappa shape index (κ1) is 6.15. The standard InChI is InChI=1S/C4H6N2O/c1-2-4(3-5)7-6/h2,4H,1,6H2. The van der Waals surface area contributed by atoms with Crippen LogP contribution in [-0.2, 0) is 4.84 Å². The van der Waals surface area contributed by atoms with Gasteiger partial charge in [0, 0.05) is 0 Å². The number of hydrogen-bond donors (Lipinski definition) is 1. The Morgan fingerprint density at radius 2 is 2.57 bits per heavy atom. The average Bonchev–Trinajstić information content (AvgIpc) is 1.72. The number of nitrogens with two attached hydrogens (primary N) is 1. The van der Waals surface area contributed by atoms with Crippen LogP contribution >= 0.6 is 0 Å². The fraction of sp³-hybridized carbons (Fsp3) is 0.250. The highest BCUT2D eigenvalue weighted by Gasteiger charge is 1.93. The molecule has 3 heteroatoms. The predicted molar refractivity (Wildman–Crippen MR) is 24.9 cm³/mol. The highest BCUT2D eigenvalue weighted by Crippen LogP contribution is 1.81. The van der Waals surface area contributed by atoms with E-state index in [4.69, 9.17) is 5.26 Å². The lowest BCUT2D eigenvalue weighted by Crippen LogP contribution is -2.10. The van der Waals surface area contributed by atoms with Gasteiger partial charge in [0.15, 0.2) is 6.10 Å². The van der Waals surface area contributed by atoms with Crippen molar-refractivity contribution in [2.45, 2.75) is 6.10 Å². The second-order valence-corrected chi connectivity index (χ2v) is 0.921. The minimum Gasteiger partial charge on any atom is -0.282 e. The van der Waals surface area contributed by atoms with E-state index >= 15 is 0 Å². The van der Waals surface area contributed by atoms with Crippen molar-refractivity contribution in [3.05, 3.63) is 12.7 Å². The van der Waals surface area contributed by atoms with E-state index in [0.717, 1.165) is 0 Å². The second kappa shape index (κ2) is 3.34. The summed E-state index contributed by atoms with van der Waals surface area (Å²) in [6.07, 6.45) is 0.653. The first-order chi connectivity index (χ1) is 3.35. The zero-order valence-electron chi connectivity index (χ0n) is 3.79. The normalized spacial score (nSPS) is 12.0. The summed E-state index contributed by atoms with van der Waals surface area (Å²) in [7, 11) is 0. The Morgan fingerprint density at radius 1 is 2.00 bits per heavy atom. The summed E-state index contributed by atoms with van der Waals surface area (Å²) in [5.74, 6) is 4.60. The SMILES string of the molecule is C=CC(C#N)ON. The molecule has 0 saturated heterocycles. The third-order valence-corrected chi connectivity index (χ3v) is 0.488. The second-order valence-electron chi connectivity index (χ2n) is 0.921. The van der Waals surface area contributed by atoms with Crippen molar-refractivity contribution in [1.29, 1.82) is 5.26 Å². The van der Waals surface area contributed by atoms with Crippen molar-refractivity contribution < 1.29 is 4.84 Å². The maximum absolute atomic E-state index is 8.00. The van der Waals surface area contributed by atoms with E-state index in [9.17, 15) is 0 Å². The van der Waals surface area contributed by atoms with Crippen molar-refractivity contribution >= 4 is 0 Å². The van der Waals surface area contributed by atoms with Crippen LogP contribution in [0.25, 0.3) is 0 Å². The van der Waals surface area contributed by atoms with Gasteiger partial charge >= 0.3 is 0 Å². The Kier molecular flexibility index (Phi) is 2.94. The Balaban J connectivity index is 3.43. The van der Waals surface area contributed by atoms with Crippen molar-refractivity contribution in [2.75, 3.05) is 0 Å². The van der Waals surface area contributed by atoms with E-state index in [1.165, 1.54) is 6.08 Å². The Labute approximate surface area is 41.9 Å². The molecule has 0 bridgehead atoms. The number of rotatable bonds is 2. The number of hydrogen-bond acceptors (Lipinski definition) is 3. The van der Waals surface area contributed by atoms with Crippen LogP contribution in [-0.4, -0.2) is 6.10 Å². The molecular formula is C4H6N2O. The van der Waals surface area contributed by atoms with Crippen LogP contribution < -0.4 is 5.90 Å². The fourth-order valence-electron chi connectivity index (χ4n) is 0.139. The Hall–Kier alpha value is -0.850. The van der Waals surface area contributed by atoms with Crippen LogP contribution in [0.2, 0.25) is 0 Å². The molecule has 0 rings (SSSR count). The lowest BCUT2D eigenvalue weighted by Gasteiger charge is -1.93. The molecule has 0 aromatic rings. The van der Waals surface area contributed by atoms with Crippen molar-refractivity contribution in [2.24, 2.45) is 5.90 Å². The molecule has 0 aromatic heterocycles. The zero-order chi connectivity index (χ0) is 5.70. The summed E-state index contributed by atoms with van der Waals surface area (Å²) in [6, 6.07) is 1.74. The molecule has 0 spiro atoms. The van der Waals surface area contributed by atoms with E-state index in [0.29, 0.717) is 0 Å². The number of nitrogens with zero attached hydrogens (tertiary/aromatic N) is 1. The molecular weight excluding hydrogens is 92.1 g/mol. The van der Waals surface area contributed by atoms with Crippen LogP contribution in [0.3, 0.4) is 0 Å². The summed E-state index contributed by atoms with van der Waals surface area (Å²) in [6.45, 7) is 3.28. The van der Waals surface area contributed by atoms with E-state index in [-0.39, 0.29) is 0 Å². The summed E-state index contributed by atoms with van der Waals surface area (Å²) in [5, 5.41) is 8.00. The van der Waals surface area contributed by atoms with Crippen LogP contribution in [0.15, 0.2) is 12.7 Å². The van der Waals surface area contributed by atoms with E-state index in [1.54, 1.807) is 6.07 Å². The first-order valence-electron chi connectivity index (χ1n) is 1.73. The fourth-order valence-corrected chi connectivity index (χ4v) is 0.139. The molecule has 0 aromatic carbocycles. The lowest BCUT2D eigenvalue weighted by molar-refractivity contribution is 0.123. The van der Waals surface area contributed by atoms with Gasteiger partial charge in [-0.05, 0) is 6.08 Å². The van der Waals surface area contributed by atoms with Crippen LogP contribution in [0, 0.1) is 11.3 Å². The van der Waals surface area contributed by atoms with Gasteiger partial charge < -0.3 is 0 Å². The molecule has 2 N–H and O–H groups in total. The van der Waals surface area contributed by atoms with E-state index < -0.39 is 6.10 Å². The van der Waals surface area contributed by atoms with Gasteiger partial charge in [-0.2, -0.15) is 5.26 Å². The van der Waals surface area contributed by atoms with Gasteiger partial charge in [-0.15, -0.1) is 0 Å². The van der Waals surface area contributed by atoms with E-state index in [1.807, 2.05) is 0 Å². The topological polar surface area (TPSA) is 59.0 Å². The van der Waals surface area contributed by atoms with Gasteiger partial charge in [-0.25, -0.2) is 5.90 Å². The summed E-state index contributed by atoms with van der Waals surface area (Å²) >= 11 is 0. The molecule has 1 unspecified atom stereocenters. The molecule has 0 aliphatic heterocycles. The van der Waals surface area contributed by atoms with Gasteiger partial charge in [0.2, 0.25) is 0 Å². The molecule has 0 heterocycles. The quantitative estimate of drug-likeness (QED) is 0.389. The largest absolute Gasteiger partial charge is 0.282 e. The van der Waals surface area contributed by atoms with Gasteiger partial charge in [0.05, 0.1) is 0 Å². The molecule has 0 radical (unpaired) electrons. The molecule has 0 fully saturated rings. The van der Waals surface area contributed by atoms with Crippen LogP contribution in [0.4, 0.5) is 0 Å².